The lowest BCUT2D eigenvalue weighted by Gasteiger charge is -2.24. The molecule has 1 unspecified atom stereocenters. The topological polar surface area (TPSA) is 49.1 Å². The van der Waals surface area contributed by atoms with E-state index in [-0.39, 0.29) is 0 Å². The van der Waals surface area contributed by atoms with Gasteiger partial charge in [-0.05, 0) is 24.6 Å². The largest absolute Gasteiger partial charge is 0.378 e. The summed E-state index contributed by atoms with van der Waals surface area (Å²) in [5.41, 5.74) is 2.61. The molecule has 3 N–H and O–H groups in total. The summed E-state index contributed by atoms with van der Waals surface area (Å²) >= 11 is 0. The molecular formula is C15H21N3O. The number of aromatic amines is 1. The third-order valence-corrected chi connectivity index (χ3v) is 3.64. The lowest BCUT2D eigenvalue weighted by atomic mass is 10.1. The molecule has 1 fully saturated rings. The van der Waals surface area contributed by atoms with Gasteiger partial charge in [-0.3, -0.25) is 0 Å². The lowest BCUT2D eigenvalue weighted by Crippen LogP contribution is -2.47. The number of H-pyrrole nitrogens is 1. The van der Waals surface area contributed by atoms with Gasteiger partial charge in [0, 0.05) is 36.2 Å². The van der Waals surface area contributed by atoms with Crippen LogP contribution in [-0.2, 0) is 11.2 Å². The van der Waals surface area contributed by atoms with Crippen molar-refractivity contribution >= 4 is 10.9 Å². The molecule has 0 radical (unpaired) electrons. The van der Waals surface area contributed by atoms with Crippen LogP contribution in [-0.4, -0.2) is 43.9 Å². The van der Waals surface area contributed by atoms with Gasteiger partial charge < -0.3 is 20.4 Å². The second-order valence-corrected chi connectivity index (χ2v) is 5.04. The molecule has 19 heavy (non-hydrogen) atoms. The van der Waals surface area contributed by atoms with Crippen LogP contribution in [0.3, 0.4) is 0 Å². The highest BCUT2D eigenvalue weighted by molar-refractivity contribution is 5.83. The van der Waals surface area contributed by atoms with Gasteiger partial charge in [-0.1, -0.05) is 18.2 Å². The summed E-state index contributed by atoms with van der Waals surface area (Å²) in [6.45, 7) is 4.60. The Morgan fingerprint density at radius 2 is 2.26 bits per heavy atom. The van der Waals surface area contributed by atoms with Crippen molar-refractivity contribution in [2.45, 2.75) is 12.5 Å². The van der Waals surface area contributed by atoms with Crippen LogP contribution in [0.15, 0.2) is 30.5 Å². The fraction of sp³-hybridized carbons (Fsp3) is 0.467. The van der Waals surface area contributed by atoms with Gasteiger partial charge in [-0.15, -0.1) is 0 Å². The molecule has 4 nitrogen and oxygen atoms in total. The van der Waals surface area contributed by atoms with E-state index in [1.54, 1.807) is 0 Å². The zero-order valence-corrected chi connectivity index (χ0v) is 11.1. The average Bonchev–Trinajstić information content (AvgIpc) is 2.88. The van der Waals surface area contributed by atoms with Crippen molar-refractivity contribution in [1.29, 1.82) is 0 Å². The van der Waals surface area contributed by atoms with E-state index in [2.05, 4.69) is 46.1 Å². The molecule has 0 saturated carbocycles. The number of hydrogen-bond acceptors (Lipinski definition) is 3. The monoisotopic (exact) mass is 259 g/mol. The molecule has 2 aromatic rings. The van der Waals surface area contributed by atoms with Crippen molar-refractivity contribution in [2.75, 3.05) is 32.8 Å². The minimum Gasteiger partial charge on any atom is -0.378 e. The van der Waals surface area contributed by atoms with Crippen molar-refractivity contribution < 1.29 is 4.74 Å². The Morgan fingerprint density at radius 3 is 3.16 bits per heavy atom. The maximum Gasteiger partial charge on any atom is 0.0632 e. The predicted molar refractivity (Wildman–Crippen MR) is 77.5 cm³/mol. The molecule has 0 amide bonds. The summed E-state index contributed by atoms with van der Waals surface area (Å²) in [6.07, 6.45) is 3.17. The first-order valence-corrected chi connectivity index (χ1v) is 7.00. The van der Waals surface area contributed by atoms with Crippen molar-refractivity contribution in [3.63, 3.8) is 0 Å². The molecule has 3 rings (SSSR count). The van der Waals surface area contributed by atoms with Gasteiger partial charge in [0.15, 0.2) is 0 Å². The number of morpholine rings is 1. The predicted octanol–water partition coefficient (Wildman–Crippen LogP) is 1.29. The van der Waals surface area contributed by atoms with Crippen LogP contribution in [0.2, 0.25) is 0 Å². The van der Waals surface area contributed by atoms with E-state index in [9.17, 15) is 0 Å². The molecule has 1 saturated heterocycles. The quantitative estimate of drug-likeness (QED) is 0.709. The molecule has 0 bridgehead atoms. The van der Waals surface area contributed by atoms with Crippen LogP contribution in [0.1, 0.15) is 5.56 Å². The number of nitrogens with one attached hydrogen (secondary N) is 3. The summed E-state index contributed by atoms with van der Waals surface area (Å²) in [7, 11) is 0. The Balaban J connectivity index is 1.47. The molecule has 2 heterocycles. The lowest BCUT2D eigenvalue weighted by molar-refractivity contribution is 0.0768. The Labute approximate surface area is 113 Å². The van der Waals surface area contributed by atoms with Crippen molar-refractivity contribution in [3.05, 3.63) is 36.0 Å². The standard InChI is InChI=1S/C15H21N3O/c1-2-4-15-14(3-1)12(9-18-15)5-6-16-10-13-11-19-8-7-17-13/h1-4,9,13,16-18H,5-8,10-11H2. The maximum absolute atomic E-state index is 5.44. The molecule has 1 aromatic heterocycles. The summed E-state index contributed by atoms with van der Waals surface area (Å²) in [6, 6.07) is 8.91. The first-order chi connectivity index (χ1) is 9.43. The molecule has 1 aliphatic heterocycles. The van der Waals surface area contributed by atoms with Gasteiger partial charge in [0.25, 0.3) is 0 Å². The number of para-hydroxylation sites is 1. The number of fused-ring (bicyclic) bond motifs is 1. The van der Waals surface area contributed by atoms with Crippen molar-refractivity contribution in [3.8, 4) is 0 Å². The molecule has 1 aliphatic rings. The zero-order chi connectivity index (χ0) is 12.9. The smallest absolute Gasteiger partial charge is 0.0632 e. The van der Waals surface area contributed by atoms with E-state index in [0.717, 1.165) is 39.3 Å². The van der Waals surface area contributed by atoms with Crippen LogP contribution < -0.4 is 10.6 Å². The molecule has 0 spiro atoms. The van der Waals surface area contributed by atoms with Crippen LogP contribution in [0.25, 0.3) is 10.9 Å². The van der Waals surface area contributed by atoms with Gasteiger partial charge in [-0.2, -0.15) is 0 Å². The second kappa shape index (κ2) is 6.19. The average molecular weight is 259 g/mol. The Hall–Kier alpha value is -1.36. The Bertz CT molecular complexity index is 517. The second-order valence-electron chi connectivity index (χ2n) is 5.04. The molecular weight excluding hydrogens is 238 g/mol. The highest BCUT2D eigenvalue weighted by atomic mass is 16.5. The number of aromatic nitrogens is 1. The molecule has 1 atom stereocenters. The van der Waals surface area contributed by atoms with Crippen LogP contribution in [0.5, 0.6) is 0 Å². The van der Waals surface area contributed by atoms with E-state index in [1.807, 2.05) is 0 Å². The van der Waals surface area contributed by atoms with E-state index in [1.165, 1.54) is 16.5 Å². The number of rotatable bonds is 5. The van der Waals surface area contributed by atoms with Crippen molar-refractivity contribution in [2.24, 2.45) is 0 Å². The normalized spacial score (nSPS) is 19.9. The minimum absolute atomic E-state index is 0.455. The van der Waals surface area contributed by atoms with Gasteiger partial charge in [-0.25, -0.2) is 0 Å². The molecule has 102 valence electrons. The fourth-order valence-electron chi connectivity index (χ4n) is 2.59. The summed E-state index contributed by atoms with van der Waals surface area (Å²) < 4.78 is 5.44. The van der Waals surface area contributed by atoms with E-state index in [4.69, 9.17) is 4.74 Å². The number of hydrogen-bond donors (Lipinski definition) is 3. The highest BCUT2D eigenvalue weighted by Gasteiger charge is 2.11. The van der Waals surface area contributed by atoms with Crippen LogP contribution >= 0.6 is 0 Å². The maximum atomic E-state index is 5.44. The summed E-state index contributed by atoms with van der Waals surface area (Å²) in [5, 5.41) is 8.29. The van der Waals surface area contributed by atoms with Crippen molar-refractivity contribution in [1.82, 2.24) is 15.6 Å². The molecule has 1 aromatic carbocycles. The first-order valence-electron chi connectivity index (χ1n) is 7.00. The van der Waals surface area contributed by atoms with E-state index in [0.29, 0.717) is 6.04 Å². The van der Waals surface area contributed by atoms with Gasteiger partial charge in [0.2, 0.25) is 0 Å². The number of ether oxygens (including phenoxy) is 1. The zero-order valence-electron chi connectivity index (χ0n) is 11.1. The first kappa shape index (κ1) is 12.7. The summed E-state index contributed by atoms with van der Waals surface area (Å²) in [4.78, 5) is 3.32. The minimum atomic E-state index is 0.455. The highest BCUT2D eigenvalue weighted by Crippen LogP contribution is 2.17. The SMILES string of the molecule is c1ccc2c(CCNCC3COCCN3)c[nH]c2c1. The van der Waals surface area contributed by atoms with E-state index < -0.39 is 0 Å². The van der Waals surface area contributed by atoms with Crippen LogP contribution in [0, 0.1) is 0 Å². The van der Waals surface area contributed by atoms with Crippen LogP contribution in [0.4, 0.5) is 0 Å². The Kier molecular flexibility index (Phi) is 4.13. The van der Waals surface area contributed by atoms with Gasteiger partial charge >= 0.3 is 0 Å². The summed E-state index contributed by atoms with van der Waals surface area (Å²) in [5.74, 6) is 0. The Morgan fingerprint density at radius 1 is 1.32 bits per heavy atom. The van der Waals surface area contributed by atoms with E-state index >= 15 is 0 Å². The third kappa shape index (κ3) is 3.15. The number of benzene rings is 1. The van der Waals surface area contributed by atoms with Gasteiger partial charge in [0.05, 0.1) is 13.2 Å². The third-order valence-electron chi connectivity index (χ3n) is 3.64. The molecule has 4 heteroatoms. The van der Waals surface area contributed by atoms with Gasteiger partial charge in [0.1, 0.15) is 0 Å². The fourth-order valence-corrected chi connectivity index (χ4v) is 2.59. The molecule has 0 aliphatic carbocycles.